The molecule has 0 unspecified atom stereocenters. The maximum atomic E-state index is 12.2. The SMILES string of the molecule is Nc1nnc(SCC(=O)Nc2nc(C34CC5CC(CC(C5)C3)C4)cs2)s1. The highest BCUT2D eigenvalue weighted by molar-refractivity contribution is 8.01. The number of nitrogens with zero attached hydrogens (tertiary/aromatic N) is 3. The summed E-state index contributed by atoms with van der Waals surface area (Å²) in [6.07, 6.45) is 8.18. The molecule has 0 atom stereocenters. The summed E-state index contributed by atoms with van der Waals surface area (Å²) in [5, 5.41) is 13.9. The van der Waals surface area contributed by atoms with Crippen LogP contribution in [0.2, 0.25) is 0 Å². The molecule has 2 aromatic rings. The number of anilines is 2. The molecule has 0 spiro atoms. The molecule has 2 heterocycles. The van der Waals surface area contributed by atoms with Crippen LogP contribution in [0, 0.1) is 17.8 Å². The van der Waals surface area contributed by atoms with Crippen LogP contribution in [0.4, 0.5) is 10.3 Å². The summed E-state index contributed by atoms with van der Waals surface area (Å²) in [4.78, 5) is 17.0. The van der Waals surface area contributed by atoms with Crippen LogP contribution >= 0.6 is 34.4 Å². The fraction of sp³-hybridized carbons (Fsp3) is 0.647. The number of amides is 1. The van der Waals surface area contributed by atoms with Crippen molar-refractivity contribution in [2.75, 3.05) is 16.8 Å². The molecular weight excluding hydrogens is 386 g/mol. The lowest BCUT2D eigenvalue weighted by molar-refractivity contribution is -0.113. The molecular formula is C17H21N5OS3. The Morgan fingerprint density at radius 3 is 2.54 bits per heavy atom. The largest absolute Gasteiger partial charge is 0.374 e. The smallest absolute Gasteiger partial charge is 0.236 e. The molecule has 2 aromatic heterocycles. The Labute approximate surface area is 164 Å². The monoisotopic (exact) mass is 407 g/mol. The van der Waals surface area contributed by atoms with Crippen LogP contribution in [0.15, 0.2) is 9.72 Å². The van der Waals surface area contributed by atoms with E-state index in [9.17, 15) is 4.79 Å². The van der Waals surface area contributed by atoms with Crippen LogP contribution in [0.1, 0.15) is 44.2 Å². The van der Waals surface area contributed by atoms with E-state index in [0.29, 0.717) is 15.2 Å². The maximum Gasteiger partial charge on any atom is 0.236 e. The quantitative estimate of drug-likeness (QED) is 0.733. The number of nitrogens with one attached hydrogen (secondary N) is 1. The van der Waals surface area contributed by atoms with Gasteiger partial charge in [-0.15, -0.1) is 21.5 Å². The Hall–Kier alpha value is -1.19. The summed E-state index contributed by atoms with van der Waals surface area (Å²) in [6, 6.07) is 0. The average Bonchev–Trinajstić information content (AvgIpc) is 3.21. The molecule has 1 amide bonds. The minimum absolute atomic E-state index is 0.0600. The van der Waals surface area contributed by atoms with Crippen molar-refractivity contribution >= 4 is 50.6 Å². The Kier molecular flexibility index (Phi) is 4.21. The molecule has 4 aliphatic carbocycles. The summed E-state index contributed by atoms with van der Waals surface area (Å²) in [5.74, 6) is 2.93. The molecule has 3 N–H and O–H groups in total. The van der Waals surface area contributed by atoms with Gasteiger partial charge in [-0.25, -0.2) is 4.98 Å². The van der Waals surface area contributed by atoms with Gasteiger partial charge < -0.3 is 11.1 Å². The van der Waals surface area contributed by atoms with Gasteiger partial charge in [0, 0.05) is 10.8 Å². The highest BCUT2D eigenvalue weighted by Gasteiger charge is 2.52. The lowest BCUT2D eigenvalue weighted by Gasteiger charge is -2.56. The van der Waals surface area contributed by atoms with Gasteiger partial charge in [0.05, 0.1) is 11.4 Å². The van der Waals surface area contributed by atoms with E-state index in [2.05, 4.69) is 20.9 Å². The first-order valence-electron chi connectivity index (χ1n) is 9.06. The van der Waals surface area contributed by atoms with Crippen LogP contribution in [0.3, 0.4) is 0 Å². The van der Waals surface area contributed by atoms with Gasteiger partial charge >= 0.3 is 0 Å². The topological polar surface area (TPSA) is 93.8 Å². The minimum Gasteiger partial charge on any atom is -0.374 e. The molecule has 4 bridgehead atoms. The number of nitrogens with two attached hydrogens (primary N) is 1. The Morgan fingerprint density at radius 2 is 1.92 bits per heavy atom. The molecule has 4 aliphatic rings. The highest BCUT2D eigenvalue weighted by Crippen LogP contribution is 2.60. The van der Waals surface area contributed by atoms with Gasteiger partial charge in [0.15, 0.2) is 9.47 Å². The van der Waals surface area contributed by atoms with Gasteiger partial charge in [-0.05, 0) is 56.3 Å². The van der Waals surface area contributed by atoms with Crippen molar-refractivity contribution < 1.29 is 4.79 Å². The molecule has 4 saturated carbocycles. The van der Waals surface area contributed by atoms with E-state index in [0.717, 1.165) is 22.9 Å². The number of nitrogen functional groups attached to an aromatic ring is 1. The molecule has 6 rings (SSSR count). The first-order valence-corrected chi connectivity index (χ1v) is 11.7. The Morgan fingerprint density at radius 1 is 1.23 bits per heavy atom. The first kappa shape index (κ1) is 16.9. The van der Waals surface area contributed by atoms with Crippen LogP contribution in [0.25, 0.3) is 0 Å². The van der Waals surface area contributed by atoms with Gasteiger partial charge in [-0.3, -0.25) is 4.79 Å². The van der Waals surface area contributed by atoms with Gasteiger partial charge in [-0.2, -0.15) is 0 Å². The van der Waals surface area contributed by atoms with E-state index in [1.54, 1.807) is 11.3 Å². The lowest BCUT2D eigenvalue weighted by Crippen LogP contribution is -2.48. The molecule has 9 heteroatoms. The molecule has 138 valence electrons. The number of thioether (sulfide) groups is 1. The normalized spacial score (nSPS) is 32.1. The molecule has 0 saturated heterocycles. The number of thiazole rings is 1. The first-order chi connectivity index (χ1) is 12.6. The Bertz CT molecular complexity index is 797. The van der Waals surface area contributed by atoms with Crippen molar-refractivity contribution in [2.24, 2.45) is 17.8 Å². The second-order valence-electron chi connectivity index (χ2n) is 7.98. The number of carbonyl (C=O) groups is 1. The van der Waals surface area contributed by atoms with Crippen molar-refractivity contribution in [3.63, 3.8) is 0 Å². The summed E-state index contributed by atoms with van der Waals surface area (Å²) in [5.41, 5.74) is 7.07. The number of hydrogen-bond donors (Lipinski definition) is 2. The second kappa shape index (κ2) is 6.45. The molecule has 0 aliphatic heterocycles. The Balaban J connectivity index is 1.23. The van der Waals surface area contributed by atoms with E-state index in [4.69, 9.17) is 10.7 Å². The molecule has 26 heavy (non-hydrogen) atoms. The minimum atomic E-state index is -0.0600. The van der Waals surface area contributed by atoms with Gasteiger partial charge in [0.1, 0.15) is 0 Å². The van der Waals surface area contributed by atoms with E-state index >= 15 is 0 Å². The molecule has 0 radical (unpaired) electrons. The summed E-state index contributed by atoms with van der Waals surface area (Å²) < 4.78 is 0.714. The van der Waals surface area contributed by atoms with Crippen molar-refractivity contribution in [3.8, 4) is 0 Å². The zero-order valence-electron chi connectivity index (χ0n) is 14.3. The lowest BCUT2D eigenvalue weighted by atomic mass is 9.49. The fourth-order valence-corrected chi connectivity index (χ4v) is 7.85. The fourth-order valence-electron chi connectivity index (χ4n) is 5.56. The maximum absolute atomic E-state index is 12.2. The van der Waals surface area contributed by atoms with E-state index in [-0.39, 0.29) is 11.3 Å². The number of hydrogen-bond acceptors (Lipinski definition) is 8. The molecule has 4 fully saturated rings. The third kappa shape index (κ3) is 3.14. The third-order valence-corrected chi connectivity index (χ3v) is 8.72. The highest BCUT2D eigenvalue weighted by atomic mass is 32.2. The van der Waals surface area contributed by atoms with Crippen molar-refractivity contribution in [1.82, 2.24) is 15.2 Å². The summed E-state index contributed by atoms with van der Waals surface area (Å²) in [6.45, 7) is 0. The van der Waals surface area contributed by atoms with Gasteiger partial charge in [-0.1, -0.05) is 23.1 Å². The van der Waals surface area contributed by atoms with E-state index in [1.807, 2.05) is 0 Å². The molecule has 0 aromatic carbocycles. The second-order valence-corrected chi connectivity index (χ2v) is 11.1. The predicted molar refractivity (Wildman–Crippen MR) is 106 cm³/mol. The number of rotatable bonds is 5. The van der Waals surface area contributed by atoms with Gasteiger partial charge in [0.25, 0.3) is 0 Å². The average molecular weight is 408 g/mol. The number of carbonyl (C=O) groups excluding carboxylic acids is 1. The standard InChI is InChI=1S/C17H21N5OS3/c18-14-21-22-16(26-14)25-8-13(23)20-15-19-12(7-24-15)17-4-9-1-10(5-17)3-11(2-9)6-17/h7,9-11H,1-6,8H2,(H2,18,21)(H,19,20,23). The third-order valence-electron chi connectivity index (χ3n) is 6.08. The van der Waals surface area contributed by atoms with Crippen LogP contribution < -0.4 is 11.1 Å². The summed E-state index contributed by atoms with van der Waals surface area (Å²) >= 11 is 4.21. The van der Waals surface area contributed by atoms with E-state index in [1.165, 1.54) is 67.3 Å². The van der Waals surface area contributed by atoms with Crippen molar-refractivity contribution in [1.29, 1.82) is 0 Å². The molecule has 6 nitrogen and oxygen atoms in total. The zero-order chi connectivity index (χ0) is 17.7. The zero-order valence-corrected chi connectivity index (χ0v) is 16.8. The van der Waals surface area contributed by atoms with Gasteiger partial charge in [0.2, 0.25) is 11.0 Å². The van der Waals surface area contributed by atoms with Crippen molar-refractivity contribution in [2.45, 2.75) is 48.3 Å². The van der Waals surface area contributed by atoms with E-state index < -0.39 is 0 Å². The van der Waals surface area contributed by atoms with Crippen molar-refractivity contribution in [3.05, 3.63) is 11.1 Å². The van der Waals surface area contributed by atoms with Crippen LogP contribution in [-0.4, -0.2) is 26.8 Å². The summed E-state index contributed by atoms with van der Waals surface area (Å²) in [7, 11) is 0. The van der Waals surface area contributed by atoms with Crippen LogP contribution in [-0.2, 0) is 10.2 Å². The number of aromatic nitrogens is 3. The van der Waals surface area contributed by atoms with Crippen LogP contribution in [0.5, 0.6) is 0 Å². The predicted octanol–water partition coefficient (Wildman–Crippen LogP) is 3.78.